The number of hydrogen-bond acceptors (Lipinski definition) is 5. The van der Waals surface area contributed by atoms with E-state index in [1.54, 1.807) is 17.7 Å². The molecule has 0 radical (unpaired) electrons. The second-order valence-electron chi connectivity index (χ2n) is 10.1. The zero-order valence-corrected chi connectivity index (χ0v) is 23.0. The molecule has 0 aliphatic carbocycles. The summed E-state index contributed by atoms with van der Waals surface area (Å²) in [4.78, 5) is 27.7. The molecule has 1 aliphatic rings. The van der Waals surface area contributed by atoms with Crippen molar-refractivity contribution in [3.63, 3.8) is 0 Å². The largest absolute Gasteiger partial charge is 0.493 e. The number of nitrogens with zero attached hydrogens (tertiary/aromatic N) is 4. The number of carbonyl (C=O) groups excluding carboxylic acids is 2. The van der Waals surface area contributed by atoms with Gasteiger partial charge in [-0.3, -0.25) is 14.5 Å². The highest BCUT2D eigenvalue weighted by Crippen LogP contribution is 2.32. The molecule has 0 saturated heterocycles. The monoisotopic (exact) mass is 522 g/mol. The van der Waals surface area contributed by atoms with Crippen molar-refractivity contribution in [3.05, 3.63) is 83.1 Å². The molecule has 0 fully saturated rings. The molecule has 200 valence electrons. The Balaban J connectivity index is 1.80. The minimum absolute atomic E-state index is 0.000930. The first-order valence-electron chi connectivity index (χ1n) is 13.4. The Hall–Kier alpha value is -4.44. The van der Waals surface area contributed by atoms with Gasteiger partial charge in [0, 0.05) is 29.4 Å². The maximum atomic E-state index is 13.6. The first-order chi connectivity index (χ1) is 18.8. The Morgan fingerprint density at radius 3 is 2.38 bits per heavy atom. The van der Waals surface area contributed by atoms with Crippen LogP contribution in [0.15, 0.2) is 77.5 Å². The SMILES string of the molecule is CCCCCN1C(=O)C(C#N)=C(C)/C(=C\c2cn(-c3ccccc3)nc2-c2ccc(OCC(C)C)cc2)C1=O. The van der Waals surface area contributed by atoms with Gasteiger partial charge in [0.2, 0.25) is 0 Å². The summed E-state index contributed by atoms with van der Waals surface area (Å²) >= 11 is 0. The summed E-state index contributed by atoms with van der Waals surface area (Å²) in [5.74, 6) is 0.283. The van der Waals surface area contributed by atoms with Crippen molar-refractivity contribution in [2.45, 2.75) is 47.0 Å². The van der Waals surface area contributed by atoms with E-state index in [1.807, 2.05) is 66.9 Å². The molecule has 1 aliphatic heterocycles. The predicted octanol–water partition coefficient (Wildman–Crippen LogP) is 6.36. The topological polar surface area (TPSA) is 88.2 Å². The molecule has 0 spiro atoms. The second-order valence-corrected chi connectivity index (χ2v) is 10.1. The van der Waals surface area contributed by atoms with Crippen molar-refractivity contribution in [3.8, 4) is 28.8 Å². The zero-order chi connectivity index (χ0) is 27.9. The predicted molar refractivity (Wildman–Crippen MR) is 152 cm³/mol. The highest BCUT2D eigenvalue weighted by molar-refractivity contribution is 6.19. The van der Waals surface area contributed by atoms with Crippen molar-refractivity contribution < 1.29 is 14.3 Å². The molecule has 0 atom stereocenters. The normalized spacial score (nSPS) is 14.9. The van der Waals surface area contributed by atoms with Gasteiger partial charge in [0.1, 0.15) is 17.4 Å². The van der Waals surface area contributed by atoms with Crippen LogP contribution < -0.4 is 4.74 Å². The number of ether oxygens (including phenoxy) is 1. The number of rotatable bonds is 10. The number of imide groups is 1. The second kappa shape index (κ2) is 12.4. The molecule has 2 aromatic carbocycles. The molecule has 39 heavy (non-hydrogen) atoms. The quantitative estimate of drug-likeness (QED) is 0.176. The van der Waals surface area contributed by atoms with Crippen LogP contribution in [0, 0.1) is 17.2 Å². The van der Waals surface area contributed by atoms with E-state index in [0.29, 0.717) is 41.3 Å². The first-order valence-corrected chi connectivity index (χ1v) is 13.4. The van der Waals surface area contributed by atoms with Crippen LogP contribution >= 0.6 is 0 Å². The fourth-order valence-electron chi connectivity index (χ4n) is 4.41. The molecule has 0 unspecified atom stereocenters. The fourth-order valence-corrected chi connectivity index (χ4v) is 4.41. The maximum Gasteiger partial charge on any atom is 0.271 e. The van der Waals surface area contributed by atoms with Crippen molar-refractivity contribution in [1.82, 2.24) is 14.7 Å². The van der Waals surface area contributed by atoms with Crippen molar-refractivity contribution >= 4 is 17.9 Å². The number of nitriles is 1. The first kappa shape index (κ1) is 27.6. The van der Waals surface area contributed by atoms with Crippen molar-refractivity contribution in [1.29, 1.82) is 5.26 Å². The Morgan fingerprint density at radius 1 is 1.03 bits per heavy atom. The summed E-state index contributed by atoms with van der Waals surface area (Å²) in [6, 6.07) is 19.5. The van der Waals surface area contributed by atoms with Crippen LogP contribution in [-0.2, 0) is 9.59 Å². The highest BCUT2D eigenvalue weighted by Gasteiger charge is 2.35. The summed E-state index contributed by atoms with van der Waals surface area (Å²) in [6.45, 7) is 8.83. The molecule has 4 rings (SSSR count). The minimum atomic E-state index is -0.523. The van der Waals surface area contributed by atoms with Gasteiger partial charge in [-0.25, -0.2) is 4.68 Å². The molecule has 2 amide bonds. The van der Waals surface area contributed by atoms with Crippen LogP contribution in [0.4, 0.5) is 0 Å². The van der Waals surface area contributed by atoms with Crippen LogP contribution in [0.3, 0.4) is 0 Å². The third kappa shape index (κ3) is 6.18. The molecule has 0 bridgehead atoms. The number of hydrogen-bond donors (Lipinski definition) is 0. The average molecular weight is 523 g/mol. The molecule has 0 N–H and O–H groups in total. The molecular formula is C32H34N4O3. The fraction of sp³-hybridized carbons (Fsp3) is 0.312. The van der Waals surface area contributed by atoms with E-state index in [4.69, 9.17) is 9.84 Å². The lowest BCUT2D eigenvalue weighted by Gasteiger charge is -2.27. The van der Waals surface area contributed by atoms with Crippen LogP contribution in [0.2, 0.25) is 0 Å². The molecule has 7 heteroatoms. The van der Waals surface area contributed by atoms with Gasteiger partial charge in [-0.05, 0) is 67.3 Å². The van der Waals surface area contributed by atoms with E-state index in [1.165, 1.54) is 4.90 Å². The van der Waals surface area contributed by atoms with E-state index in [0.717, 1.165) is 29.8 Å². The van der Waals surface area contributed by atoms with Gasteiger partial charge in [-0.15, -0.1) is 0 Å². The third-order valence-corrected chi connectivity index (χ3v) is 6.58. The summed E-state index contributed by atoms with van der Waals surface area (Å²) in [7, 11) is 0. The van der Waals surface area contributed by atoms with Gasteiger partial charge in [0.15, 0.2) is 0 Å². The Labute approximate surface area is 230 Å². The van der Waals surface area contributed by atoms with Crippen molar-refractivity contribution in [2.75, 3.05) is 13.2 Å². The van der Waals surface area contributed by atoms with E-state index in [9.17, 15) is 14.9 Å². The van der Waals surface area contributed by atoms with Crippen LogP contribution in [0.5, 0.6) is 5.75 Å². The number of para-hydroxylation sites is 1. The smallest absolute Gasteiger partial charge is 0.271 e. The van der Waals surface area contributed by atoms with Gasteiger partial charge >= 0.3 is 0 Å². The lowest BCUT2D eigenvalue weighted by atomic mass is 9.93. The van der Waals surface area contributed by atoms with Gasteiger partial charge in [0.25, 0.3) is 11.8 Å². The number of amides is 2. The van der Waals surface area contributed by atoms with E-state index in [-0.39, 0.29) is 18.0 Å². The van der Waals surface area contributed by atoms with Crippen LogP contribution in [-0.4, -0.2) is 39.6 Å². The zero-order valence-electron chi connectivity index (χ0n) is 23.0. The number of aromatic nitrogens is 2. The Bertz CT molecular complexity index is 1440. The Kier molecular flexibility index (Phi) is 8.77. The van der Waals surface area contributed by atoms with Gasteiger partial charge in [-0.2, -0.15) is 10.4 Å². The molecule has 2 heterocycles. The van der Waals surface area contributed by atoms with E-state index >= 15 is 0 Å². The minimum Gasteiger partial charge on any atom is -0.493 e. The lowest BCUT2D eigenvalue weighted by molar-refractivity contribution is -0.140. The standard InChI is InChI=1S/C32H34N4O3/c1-5-6-10-17-35-31(37)28(23(4)29(19-33)32(35)38)18-25-20-36(26-11-8-7-9-12-26)34-30(25)24-13-15-27(16-14-24)39-21-22(2)3/h7-9,11-16,18,20,22H,5-6,10,17,21H2,1-4H3/b28-18+. The number of benzene rings is 2. The molecule has 3 aromatic rings. The molecular weight excluding hydrogens is 488 g/mol. The lowest BCUT2D eigenvalue weighted by Crippen LogP contribution is -2.43. The summed E-state index contributed by atoms with van der Waals surface area (Å²) in [5, 5.41) is 14.6. The highest BCUT2D eigenvalue weighted by atomic mass is 16.5. The van der Waals surface area contributed by atoms with Crippen LogP contribution in [0.1, 0.15) is 52.5 Å². The van der Waals surface area contributed by atoms with E-state index in [2.05, 4.69) is 20.8 Å². The molecule has 1 aromatic heterocycles. The Morgan fingerprint density at radius 2 is 1.74 bits per heavy atom. The number of unbranched alkanes of at least 4 members (excludes halogenated alkanes) is 2. The molecule has 0 saturated carbocycles. The summed E-state index contributed by atoms with van der Waals surface area (Å²) in [6.07, 6.45) is 6.17. The summed E-state index contributed by atoms with van der Waals surface area (Å²) in [5.41, 5.74) is 3.82. The van der Waals surface area contributed by atoms with Crippen molar-refractivity contribution in [2.24, 2.45) is 5.92 Å². The average Bonchev–Trinajstić information content (AvgIpc) is 3.37. The molecule has 7 nitrogen and oxygen atoms in total. The summed E-state index contributed by atoms with van der Waals surface area (Å²) < 4.78 is 7.61. The maximum absolute atomic E-state index is 13.6. The van der Waals surface area contributed by atoms with Crippen LogP contribution in [0.25, 0.3) is 23.0 Å². The third-order valence-electron chi connectivity index (χ3n) is 6.58. The van der Waals surface area contributed by atoms with Gasteiger partial charge in [0.05, 0.1) is 18.0 Å². The number of carbonyl (C=O) groups is 2. The van der Waals surface area contributed by atoms with Gasteiger partial charge in [-0.1, -0.05) is 51.8 Å². The van der Waals surface area contributed by atoms with Gasteiger partial charge < -0.3 is 4.74 Å². The van der Waals surface area contributed by atoms with E-state index < -0.39 is 5.91 Å².